The van der Waals surface area contributed by atoms with Gasteiger partial charge in [0.2, 0.25) is 0 Å². The van der Waals surface area contributed by atoms with E-state index in [4.69, 9.17) is 40.5 Å². The first kappa shape index (κ1) is 17.5. The SMILES string of the molecule is CCn1c(C2CC2)nn(CN(Cc2ccc(Cl)c(Cl)c2)C2CC2)c1=S. The summed E-state index contributed by atoms with van der Waals surface area (Å²) in [7, 11) is 0. The summed E-state index contributed by atoms with van der Waals surface area (Å²) in [4.78, 5) is 2.44. The highest BCUT2D eigenvalue weighted by Crippen LogP contribution is 2.39. The van der Waals surface area contributed by atoms with Gasteiger partial charge in [0.1, 0.15) is 5.82 Å². The average Bonchev–Trinajstić information content (AvgIpc) is 3.48. The van der Waals surface area contributed by atoms with E-state index in [9.17, 15) is 0 Å². The van der Waals surface area contributed by atoms with Crippen LogP contribution in [0, 0.1) is 4.77 Å². The lowest BCUT2D eigenvalue weighted by Gasteiger charge is -2.22. The minimum absolute atomic E-state index is 0.598. The summed E-state index contributed by atoms with van der Waals surface area (Å²) in [6.07, 6.45) is 4.94. The summed E-state index contributed by atoms with van der Waals surface area (Å²) in [5.41, 5.74) is 1.17. The molecule has 0 amide bonds. The Morgan fingerprint density at radius 3 is 2.56 bits per heavy atom. The van der Waals surface area contributed by atoms with E-state index in [0.29, 0.717) is 22.0 Å². The maximum atomic E-state index is 6.17. The van der Waals surface area contributed by atoms with Crippen molar-refractivity contribution in [1.82, 2.24) is 19.2 Å². The average molecular weight is 397 g/mol. The normalized spacial score (nSPS) is 17.4. The maximum Gasteiger partial charge on any atom is 0.199 e. The van der Waals surface area contributed by atoms with Crippen molar-refractivity contribution in [3.63, 3.8) is 0 Å². The minimum atomic E-state index is 0.598. The summed E-state index contributed by atoms with van der Waals surface area (Å²) < 4.78 is 5.03. The number of halogens is 2. The zero-order valence-electron chi connectivity index (χ0n) is 14.3. The van der Waals surface area contributed by atoms with E-state index in [1.165, 1.54) is 31.2 Å². The van der Waals surface area contributed by atoms with Crippen LogP contribution in [0.3, 0.4) is 0 Å². The predicted molar refractivity (Wildman–Crippen MR) is 104 cm³/mol. The van der Waals surface area contributed by atoms with Crippen LogP contribution in [-0.4, -0.2) is 25.3 Å². The third-order valence-corrected chi connectivity index (χ3v) is 6.13. The topological polar surface area (TPSA) is 26.0 Å². The number of benzene rings is 1. The van der Waals surface area contributed by atoms with Crippen LogP contribution in [-0.2, 0) is 19.8 Å². The lowest BCUT2D eigenvalue weighted by molar-refractivity contribution is 0.186. The Labute approximate surface area is 163 Å². The van der Waals surface area contributed by atoms with Gasteiger partial charge in [0.05, 0.1) is 16.7 Å². The highest BCUT2D eigenvalue weighted by molar-refractivity contribution is 7.71. The van der Waals surface area contributed by atoms with Crippen LogP contribution < -0.4 is 0 Å². The van der Waals surface area contributed by atoms with E-state index in [0.717, 1.165) is 30.4 Å². The van der Waals surface area contributed by atoms with Crippen molar-refractivity contribution in [3.05, 3.63) is 44.4 Å². The molecule has 0 N–H and O–H groups in total. The van der Waals surface area contributed by atoms with E-state index < -0.39 is 0 Å². The summed E-state index contributed by atoms with van der Waals surface area (Å²) in [5, 5.41) is 6.06. The van der Waals surface area contributed by atoms with Gasteiger partial charge in [-0.1, -0.05) is 29.3 Å². The lowest BCUT2D eigenvalue weighted by Crippen LogP contribution is -2.29. The molecular formula is C18H22Cl2N4S. The van der Waals surface area contributed by atoms with Crippen molar-refractivity contribution in [1.29, 1.82) is 0 Å². The van der Waals surface area contributed by atoms with Crippen LogP contribution in [0.2, 0.25) is 10.0 Å². The Morgan fingerprint density at radius 2 is 1.96 bits per heavy atom. The van der Waals surface area contributed by atoms with Gasteiger partial charge in [0.15, 0.2) is 4.77 Å². The molecule has 1 aromatic carbocycles. The highest BCUT2D eigenvalue weighted by atomic mass is 35.5. The number of nitrogens with zero attached hydrogens (tertiary/aromatic N) is 4. The summed E-state index contributed by atoms with van der Waals surface area (Å²) in [6.45, 7) is 4.60. The fraction of sp³-hybridized carbons (Fsp3) is 0.556. The molecule has 2 aromatic rings. The number of hydrogen-bond donors (Lipinski definition) is 0. The van der Waals surface area contributed by atoms with Gasteiger partial charge in [-0.25, -0.2) is 4.68 Å². The Morgan fingerprint density at radius 1 is 1.20 bits per heavy atom. The predicted octanol–water partition coefficient (Wildman–Crippen LogP) is 5.24. The molecule has 1 heterocycles. The van der Waals surface area contributed by atoms with Crippen molar-refractivity contribution >= 4 is 35.4 Å². The van der Waals surface area contributed by atoms with Crippen LogP contribution in [0.4, 0.5) is 0 Å². The quantitative estimate of drug-likeness (QED) is 0.598. The van der Waals surface area contributed by atoms with Gasteiger partial charge in [-0.15, -0.1) is 0 Å². The smallest absolute Gasteiger partial charge is 0.199 e. The van der Waals surface area contributed by atoms with E-state index in [2.05, 4.69) is 16.4 Å². The van der Waals surface area contributed by atoms with Gasteiger partial charge in [-0.05, 0) is 62.5 Å². The lowest BCUT2D eigenvalue weighted by atomic mass is 10.2. The van der Waals surface area contributed by atoms with Gasteiger partial charge in [0.25, 0.3) is 0 Å². The van der Waals surface area contributed by atoms with E-state index in [1.54, 1.807) is 0 Å². The first-order valence-corrected chi connectivity index (χ1v) is 10.1. The second kappa shape index (κ2) is 7.03. The van der Waals surface area contributed by atoms with Gasteiger partial charge in [-0.2, -0.15) is 5.10 Å². The van der Waals surface area contributed by atoms with Crippen molar-refractivity contribution < 1.29 is 0 Å². The molecule has 2 aliphatic carbocycles. The molecule has 0 radical (unpaired) electrons. The minimum Gasteiger partial charge on any atom is -0.304 e. The molecule has 2 saturated carbocycles. The zero-order valence-corrected chi connectivity index (χ0v) is 16.6. The van der Waals surface area contributed by atoms with Gasteiger partial charge in [0, 0.05) is 25.0 Å². The van der Waals surface area contributed by atoms with Crippen LogP contribution >= 0.6 is 35.4 Å². The monoisotopic (exact) mass is 396 g/mol. The number of aromatic nitrogens is 3. The molecule has 2 fully saturated rings. The number of hydrogen-bond acceptors (Lipinski definition) is 3. The van der Waals surface area contributed by atoms with E-state index >= 15 is 0 Å². The first-order valence-electron chi connectivity index (χ1n) is 8.92. The molecule has 134 valence electrons. The fourth-order valence-electron chi connectivity index (χ4n) is 3.27. The fourth-order valence-corrected chi connectivity index (χ4v) is 3.91. The maximum absolute atomic E-state index is 6.17. The number of rotatable bonds is 7. The standard InChI is InChI=1S/C18H22Cl2N4S/c1-2-23-17(13-4-5-13)21-24(18(23)25)11-22(14-6-7-14)10-12-3-8-15(19)16(20)9-12/h3,8-9,13-14H,2,4-7,10-11H2,1H3. The second-order valence-corrected chi connectivity index (χ2v) is 8.21. The summed E-state index contributed by atoms with van der Waals surface area (Å²) in [6, 6.07) is 6.47. The Bertz CT molecular complexity index is 836. The third-order valence-electron chi connectivity index (χ3n) is 4.96. The van der Waals surface area contributed by atoms with Crippen molar-refractivity contribution in [3.8, 4) is 0 Å². The molecule has 1 aromatic heterocycles. The van der Waals surface area contributed by atoms with Gasteiger partial charge in [-0.3, -0.25) is 4.90 Å². The van der Waals surface area contributed by atoms with Gasteiger partial charge >= 0.3 is 0 Å². The zero-order chi connectivity index (χ0) is 17.6. The molecule has 0 aliphatic heterocycles. The third kappa shape index (κ3) is 3.80. The van der Waals surface area contributed by atoms with Crippen LogP contribution in [0.25, 0.3) is 0 Å². The van der Waals surface area contributed by atoms with Crippen molar-refractivity contribution in [2.24, 2.45) is 0 Å². The summed E-state index contributed by atoms with van der Waals surface area (Å²) >= 11 is 17.9. The second-order valence-electron chi connectivity index (χ2n) is 7.03. The van der Waals surface area contributed by atoms with E-state index in [-0.39, 0.29) is 0 Å². The highest BCUT2D eigenvalue weighted by Gasteiger charge is 2.32. The molecule has 0 atom stereocenters. The molecule has 0 bridgehead atoms. The van der Waals surface area contributed by atoms with Crippen LogP contribution in [0.15, 0.2) is 18.2 Å². The molecule has 0 spiro atoms. The molecule has 7 heteroatoms. The van der Waals surface area contributed by atoms with Crippen molar-refractivity contribution in [2.45, 2.75) is 64.3 Å². The summed E-state index contributed by atoms with van der Waals surface area (Å²) in [5.74, 6) is 1.77. The van der Waals surface area contributed by atoms with Crippen LogP contribution in [0.5, 0.6) is 0 Å². The molecule has 0 unspecified atom stereocenters. The molecule has 4 nitrogen and oxygen atoms in total. The molecule has 2 aliphatic rings. The largest absolute Gasteiger partial charge is 0.304 e. The van der Waals surface area contributed by atoms with E-state index in [1.807, 2.05) is 22.9 Å². The van der Waals surface area contributed by atoms with Crippen molar-refractivity contribution in [2.75, 3.05) is 0 Å². The van der Waals surface area contributed by atoms with Crippen LogP contribution in [0.1, 0.15) is 49.9 Å². The van der Waals surface area contributed by atoms with Gasteiger partial charge < -0.3 is 4.57 Å². The molecular weight excluding hydrogens is 375 g/mol. The molecule has 4 rings (SSSR count). The Hall–Kier alpha value is -0.880. The Kier molecular flexibility index (Phi) is 4.93. The first-order chi connectivity index (χ1) is 12.1. The Balaban J connectivity index is 1.56. The molecule has 0 saturated heterocycles. The molecule has 25 heavy (non-hydrogen) atoms.